The molecule has 0 amide bonds. The Kier molecular flexibility index (Phi) is 4.96. The second kappa shape index (κ2) is 7.56. The molecule has 3 aromatic rings. The zero-order valence-electron chi connectivity index (χ0n) is 15.8. The summed E-state index contributed by atoms with van der Waals surface area (Å²) in [6.45, 7) is 3.29. The summed E-state index contributed by atoms with van der Waals surface area (Å²) in [4.78, 5) is 21.2. The van der Waals surface area contributed by atoms with Gasteiger partial charge >= 0.3 is 5.97 Å². The number of halogens is 1. The molecule has 0 bridgehead atoms. The average molecular weight is 397 g/mol. The van der Waals surface area contributed by atoms with Gasteiger partial charge in [-0.15, -0.1) is 0 Å². The molecular weight excluding hydrogens is 376 g/mol. The third-order valence-electron chi connectivity index (χ3n) is 4.65. The predicted molar refractivity (Wildman–Crippen MR) is 109 cm³/mol. The van der Waals surface area contributed by atoms with Gasteiger partial charge in [0.2, 0.25) is 0 Å². The number of rotatable bonds is 5. The van der Waals surface area contributed by atoms with Crippen molar-refractivity contribution in [3.05, 3.63) is 71.3 Å². The van der Waals surface area contributed by atoms with Crippen LogP contribution in [0.15, 0.2) is 60.6 Å². The van der Waals surface area contributed by atoms with E-state index < -0.39 is 0 Å². The first-order valence-corrected chi connectivity index (χ1v) is 9.50. The number of benzene rings is 1. The van der Waals surface area contributed by atoms with Gasteiger partial charge in [0.05, 0.1) is 31.2 Å². The normalized spacial score (nSPS) is 13.9. The molecule has 0 radical (unpaired) electrons. The molecule has 0 saturated heterocycles. The monoisotopic (exact) mass is 396 g/mol. The van der Waals surface area contributed by atoms with Gasteiger partial charge in [-0.05, 0) is 31.2 Å². The minimum atomic E-state index is -0.311. The van der Waals surface area contributed by atoms with E-state index in [9.17, 15) is 4.79 Å². The lowest BCUT2D eigenvalue weighted by Gasteiger charge is -2.22. The van der Waals surface area contributed by atoms with Crippen LogP contribution >= 0.6 is 11.6 Å². The summed E-state index contributed by atoms with van der Waals surface area (Å²) in [5, 5.41) is 0.683. The quantitative estimate of drug-likeness (QED) is 0.614. The van der Waals surface area contributed by atoms with Gasteiger partial charge in [0.25, 0.3) is 0 Å². The lowest BCUT2D eigenvalue weighted by molar-refractivity contribution is -0.140. The van der Waals surface area contributed by atoms with Gasteiger partial charge < -0.3 is 18.9 Å². The minimum Gasteiger partial charge on any atom is -0.461 e. The Balaban J connectivity index is 1.75. The maximum atomic E-state index is 12.4. The third kappa shape index (κ3) is 3.43. The fourth-order valence-corrected chi connectivity index (χ4v) is 3.54. The van der Waals surface area contributed by atoms with Crippen molar-refractivity contribution in [2.75, 3.05) is 20.3 Å². The fourth-order valence-electron chi connectivity index (χ4n) is 3.42. The molecule has 0 atom stereocenters. The van der Waals surface area contributed by atoms with Crippen molar-refractivity contribution < 1.29 is 9.53 Å². The number of imidazole rings is 1. The molecule has 1 aliphatic heterocycles. The summed E-state index contributed by atoms with van der Waals surface area (Å²) in [5.74, 6) is -0.311. The van der Waals surface area contributed by atoms with Crippen LogP contribution in [0.4, 0.5) is 0 Å². The number of pyridine rings is 1. The molecule has 0 aliphatic carbocycles. The van der Waals surface area contributed by atoms with Gasteiger partial charge in [-0.3, -0.25) is 0 Å². The van der Waals surface area contributed by atoms with E-state index in [1.165, 1.54) is 0 Å². The largest absolute Gasteiger partial charge is 0.461 e. The van der Waals surface area contributed by atoms with Crippen LogP contribution in [0.25, 0.3) is 16.9 Å². The number of esters is 1. The molecule has 0 fully saturated rings. The molecule has 7 heteroatoms. The summed E-state index contributed by atoms with van der Waals surface area (Å²) in [5.41, 5.74) is 4.27. The molecule has 28 heavy (non-hydrogen) atoms. The molecule has 0 unspecified atom stereocenters. The molecule has 1 aliphatic rings. The highest BCUT2D eigenvalue weighted by Crippen LogP contribution is 2.29. The maximum absolute atomic E-state index is 12.4. The smallest absolute Gasteiger partial charge is 0.356 e. The van der Waals surface area contributed by atoms with Crippen molar-refractivity contribution in [2.24, 2.45) is 0 Å². The van der Waals surface area contributed by atoms with Gasteiger partial charge in [0, 0.05) is 30.0 Å². The Labute approximate surface area is 168 Å². The van der Waals surface area contributed by atoms with Gasteiger partial charge in [0.15, 0.2) is 0 Å². The van der Waals surface area contributed by atoms with Crippen molar-refractivity contribution in [1.29, 1.82) is 0 Å². The number of carbonyl (C=O) groups is 1. The van der Waals surface area contributed by atoms with Gasteiger partial charge in [-0.25, -0.2) is 9.78 Å². The van der Waals surface area contributed by atoms with Crippen LogP contribution in [0.2, 0.25) is 5.02 Å². The molecular formula is C21H21ClN4O2. The number of fused-ring (bicyclic) bond motifs is 1. The molecule has 1 aromatic carbocycles. The van der Waals surface area contributed by atoms with Crippen molar-refractivity contribution in [1.82, 2.24) is 19.2 Å². The van der Waals surface area contributed by atoms with Crippen molar-refractivity contribution in [3.63, 3.8) is 0 Å². The molecule has 4 rings (SSSR count). The number of hydrogen-bond donors (Lipinski definition) is 0. The Hall–Kier alpha value is -2.99. The lowest BCUT2D eigenvalue weighted by Crippen LogP contribution is -2.29. The molecule has 0 N–H and O–H groups in total. The fraction of sp³-hybridized carbons (Fsp3) is 0.238. The second-order valence-electron chi connectivity index (χ2n) is 6.67. The Morgan fingerprint density at radius 3 is 2.75 bits per heavy atom. The van der Waals surface area contributed by atoms with Crippen LogP contribution in [-0.4, -0.2) is 45.5 Å². The van der Waals surface area contributed by atoms with Crippen LogP contribution in [0.5, 0.6) is 0 Å². The van der Waals surface area contributed by atoms with Crippen LogP contribution in [0.3, 0.4) is 0 Å². The molecule has 144 valence electrons. The molecule has 3 heterocycles. The van der Waals surface area contributed by atoms with E-state index >= 15 is 0 Å². The van der Waals surface area contributed by atoms with Crippen LogP contribution in [0.1, 0.15) is 12.6 Å². The third-order valence-corrected chi connectivity index (χ3v) is 4.90. The first-order valence-electron chi connectivity index (χ1n) is 9.13. The Morgan fingerprint density at radius 2 is 2.00 bits per heavy atom. The zero-order valence-corrected chi connectivity index (χ0v) is 16.6. The summed E-state index contributed by atoms with van der Waals surface area (Å²) in [6.07, 6.45) is 3.81. The van der Waals surface area contributed by atoms with Crippen molar-refractivity contribution in [3.8, 4) is 11.3 Å². The van der Waals surface area contributed by atoms with Crippen LogP contribution in [0, 0.1) is 0 Å². The Morgan fingerprint density at radius 1 is 1.21 bits per heavy atom. The minimum absolute atomic E-state index is 0.311. The zero-order chi connectivity index (χ0) is 19.7. The van der Waals surface area contributed by atoms with Gasteiger partial charge in [-0.2, -0.15) is 0 Å². The van der Waals surface area contributed by atoms with E-state index in [0.717, 1.165) is 22.6 Å². The maximum Gasteiger partial charge on any atom is 0.356 e. The summed E-state index contributed by atoms with van der Waals surface area (Å²) in [6, 6.07) is 13.6. The van der Waals surface area contributed by atoms with Gasteiger partial charge in [-0.1, -0.05) is 29.8 Å². The molecule has 6 nitrogen and oxygen atoms in total. The number of ether oxygens (including phenoxy) is 1. The topological polar surface area (TPSA) is 50.1 Å². The van der Waals surface area contributed by atoms with E-state index in [0.29, 0.717) is 30.5 Å². The SMILES string of the molecule is CCOC(=O)C1=CN(C)CN1Cc1c(-c2ccc(Cl)cc2)nc2ccccn12. The van der Waals surface area contributed by atoms with Crippen molar-refractivity contribution in [2.45, 2.75) is 13.5 Å². The number of hydrogen-bond acceptors (Lipinski definition) is 5. The number of carbonyl (C=O) groups excluding carboxylic acids is 1. The first kappa shape index (κ1) is 18.4. The summed E-state index contributed by atoms with van der Waals surface area (Å²) >= 11 is 6.06. The van der Waals surface area contributed by atoms with Crippen LogP contribution < -0.4 is 0 Å². The standard InChI is InChI=1S/C21H21ClN4O2/c1-3-28-21(27)18-12-24(2)14-25(18)13-17-20(15-7-9-16(22)10-8-15)23-19-6-4-5-11-26(17)19/h4-12H,3,13-14H2,1-2H3. The first-order chi connectivity index (χ1) is 13.6. The molecule has 2 aromatic heterocycles. The highest BCUT2D eigenvalue weighted by atomic mass is 35.5. The second-order valence-corrected chi connectivity index (χ2v) is 7.11. The highest BCUT2D eigenvalue weighted by molar-refractivity contribution is 6.30. The van der Waals surface area contributed by atoms with Crippen LogP contribution in [-0.2, 0) is 16.1 Å². The van der Waals surface area contributed by atoms with E-state index in [2.05, 4.69) is 4.40 Å². The highest BCUT2D eigenvalue weighted by Gasteiger charge is 2.28. The molecule has 0 spiro atoms. The van der Waals surface area contributed by atoms with E-state index in [4.69, 9.17) is 21.3 Å². The van der Waals surface area contributed by atoms with E-state index in [-0.39, 0.29) is 5.97 Å². The van der Waals surface area contributed by atoms with Crippen molar-refractivity contribution >= 4 is 23.2 Å². The number of aromatic nitrogens is 2. The van der Waals surface area contributed by atoms with E-state index in [1.807, 2.05) is 78.6 Å². The van der Waals surface area contributed by atoms with Gasteiger partial charge in [0.1, 0.15) is 11.3 Å². The Bertz CT molecular complexity index is 1040. The summed E-state index contributed by atoms with van der Waals surface area (Å²) < 4.78 is 7.29. The number of nitrogens with zero attached hydrogens (tertiary/aromatic N) is 4. The molecule has 0 saturated carbocycles. The lowest BCUT2D eigenvalue weighted by atomic mass is 10.1. The summed E-state index contributed by atoms with van der Waals surface area (Å²) in [7, 11) is 1.94. The average Bonchev–Trinajstić information content (AvgIpc) is 3.24. The van der Waals surface area contributed by atoms with E-state index in [1.54, 1.807) is 0 Å². The predicted octanol–water partition coefficient (Wildman–Crippen LogP) is 3.76.